The van der Waals surface area contributed by atoms with Gasteiger partial charge in [-0.25, -0.2) is 0 Å². The molecule has 1 aromatic heterocycles. The average molecular weight is 206 g/mol. The van der Waals surface area contributed by atoms with E-state index in [1.54, 1.807) is 31.4 Å². The molecule has 2 aromatic rings. The largest absolute Gasteiger partial charge is 0.497 e. The fraction of sp³-hybridized carbons (Fsp3) is 0.100. The number of benzene rings is 1. The van der Waals surface area contributed by atoms with Crippen molar-refractivity contribution >= 4 is 0 Å². The van der Waals surface area contributed by atoms with Crippen LogP contribution in [-0.4, -0.2) is 22.4 Å². The first-order valence-corrected chi connectivity index (χ1v) is 4.36. The molecule has 0 bridgehead atoms. The van der Waals surface area contributed by atoms with Crippen molar-refractivity contribution in [2.24, 2.45) is 0 Å². The van der Waals surface area contributed by atoms with Gasteiger partial charge in [0.1, 0.15) is 11.3 Å². The molecule has 2 rings (SSSR count). The molecule has 0 aliphatic carbocycles. The number of H-pyrrole nitrogens is 2. The van der Waals surface area contributed by atoms with Crippen LogP contribution < -0.4 is 10.3 Å². The lowest BCUT2D eigenvalue weighted by molar-refractivity contribution is 0.415. The standard InChI is InChI=1S/C10H10N2O3/c1-15-7-4-2-3-6(5-7)8-9(13)11-12-10(8)14/h2-5H,1H3,(H3,11,12,13,14). The zero-order valence-corrected chi connectivity index (χ0v) is 8.07. The predicted molar refractivity (Wildman–Crippen MR) is 55.1 cm³/mol. The van der Waals surface area contributed by atoms with Crippen LogP contribution in [0.1, 0.15) is 0 Å². The van der Waals surface area contributed by atoms with Crippen molar-refractivity contribution in [1.29, 1.82) is 0 Å². The Morgan fingerprint density at radius 2 is 2.13 bits per heavy atom. The Morgan fingerprint density at radius 1 is 1.33 bits per heavy atom. The number of nitrogens with one attached hydrogen (secondary N) is 2. The van der Waals surface area contributed by atoms with E-state index in [-0.39, 0.29) is 17.0 Å². The lowest BCUT2D eigenvalue weighted by atomic mass is 10.1. The van der Waals surface area contributed by atoms with Crippen LogP contribution in [0.3, 0.4) is 0 Å². The summed E-state index contributed by atoms with van der Waals surface area (Å²) < 4.78 is 5.03. The quantitative estimate of drug-likeness (QED) is 0.688. The maximum Gasteiger partial charge on any atom is 0.275 e. The molecule has 0 saturated carbocycles. The summed E-state index contributed by atoms with van der Waals surface area (Å²) in [6, 6.07) is 6.92. The van der Waals surface area contributed by atoms with Gasteiger partial charge in [0.25, 0.3) is 5.56 Å². The number of ether oxygens (including phenoxy) is 1. The van der Waals surface area contributed by atoms with Crippen molar-refractivity contribution in [3.63, 3.8) is 0 Å². The Balaban J connectivity index is 2.59. The van der Waals surface area contributed by atoms with Crippen LogP contribution in [0.15, 0.2) is 29.1 Å². The fourth-order valence-electron chi connectivity index (χ4n) is 1.39. The molecule has 0 atom stereocenters. The Kier molecular flexibility index (Phi) is 2.21. The molecule has 0 saturated heterocycles. The van der Waals surface area contributed by atoms with E-state index in [4.69, 9.17) is 4.74 Å². The van der Waals surface area contributed by atoms with E-state index in [0.29, 0.717) is 11.3 Å². The third-order valence-corrected chi connectivity index (χ3v) is 2.12. The Morgan fingerprint density at radius 3 is 2.73 bits per heavy atom. The number of methoxy groups -OCH3 is 1. The molecule has 0 spiro atoms. The SMILES string of the molecule is COc1cccc(-c2c(O)[nH][nH]c2=O)c1. The Labute approximate surface area is 85.3 Å². The van der Waals surface area contributed by atoms with E-state index >= 15 is 0 Å². The summed E-state index contributed by atoms with van der Waals surface area (Å²) in [4.78, 5) is 11.4. The molecule has 5 heteroatoms. The van der Waals surface area contributed by atoms with Crippen molar-refractivity contribution in [2.45, 2.75) is 0 Å². The smallest absolute Gasteiger partial charge is 0.275 e. The fourth-order valence-corrected chi connectivity index (χ4v) is 1.39. The summed E-state index contributed by atoms with van der Waals surface area (Å²) in [5, 5.41) is 14.1. The zero-order chi connectivity index (χ0) is 10.8. The lowest BCUT2D eigenvalue weighted by Gasteiger charge is -2.01. The minimum absolute atomic E-state index is 0.173. The number of hydrogen-bond donors (Lipinski definition) is 3. The van der Waals surface area contributed by atoms with E-state index in [1.165, 1.54) is 0 Å². The van der Waals surface area contributed by atoms with E-state index < -0.39 is 0 Å². The molecule has 15 heavy (non-hydrogen) atoms. The predicted octanol–water partition coefficient (Wildman–Crippen LogP) is 1.08. The molecule has 5 nitrogen and oxygen atoms in total. The maximum atomic E-state index is 11.4. The molecule has 0 amide bonds. The molecule has 0 unspecified atom stereocenters. The van der Waals surface area contributed by atoms with E-state index in [9.17, 15) is 9.90 Å². The summed E-state index contributed by atoms with van der Waals surface area (Å²) in [7, 11) is 1.54. The minimum Gasteiger partial charge on any atom is -0.497 e. The first-order chi connectivity index (χ1) is 7.22. The molecule has 3 N–H and O–H groups in total. The van der Waals surface area contributed by atoms with Gasteiger partial charge < -0.3 is 9.84 Å². The lowest BCUT2D eigenvalue weighted by Crippen LogP contribution is -2.01. The topological polar surface area (TPSA) is 78.1 Å². The van der Waals surface area contributed by atoms with Gasteiger partial charge in [0.2, 0.25) is 5.88 Å². The molecular weight excluding hydrogens is 196 g/mol. The number of aromatic hydroxyl groups is 1. The van der Waals surface area contributed by atoms with Crippen molar-refractivity contribution in [2.75, 3.05) is 7.11 Å². The highest BCUT2D eigenvalue weighted by Crippen LogP contribution is 2.25. The van der Waals surface area contributed by atoms with Crippen molar-refractivity contribution in [3.8, 4) is 22.8 Å². The maximum absolute atomic E-state index is 11.4. The summed E-state index contributed by atoms with van der Waals surface area (Å²) in [5.41, 5.74) is 0.462. The molecule has 0 aliphatic heterocycles. The van der Waals surface area contributed by atoms with Gasteiger partial charge in [-0.2, -0.15) is 0 Å². The molecule has 0 radical (unpaired) electrons. The normalized spacial score (nSPS) is 10.2. The van der Waals surface area contributed by atoms with E-state index in [1.807, 2.05) is 0 Å². The second kappa shape index (κ2) is 3.53. The highest BCUT2D eigenvalue weighted by atomic mass is 16.5. The number of rotatable bonds is 2. The molecule has 78 valence electrons. The Hall–Kier alpha value is -2.17. The van der Waals surface area contributed by atoms with Crippen molar-refractivity contribution in [1.82, 2.24) is 10.2 Å². The third kappa shape index (κ3) is 1.59. The van der Waals surface area contributed by atoms with E-state index in [0.717, 1.165) is 0 Å². The van der Waals surface area contributed by atoms with Gasteiger partial charge >= 0.3 is 0 Å². The van der Waals surface area contributed by atoms with Gasteiger partial charge in [-0.1, -0.05) is 12.1 Å². The van der Waals surface area contributed by atoms with Crippen molar-refractivity contribution < 1.29 is 9.84 Å². The molecule has 1 heterocycles. The van der Waals surface area contributed by atoms with Crippen LogP contribution in [0.5, 0.6) is 11.6 Å². The number of aromatic nitrogens is 2. The van der Waals surface area contributed by atoms with Crippen LogP contribution in [-0.2, 0) is 0 Å². The highest BCUT2D eigenvalue weighted by molar-refractivity contribution is 5.68. The summed E-state index contributed by atoms with van der Waals surface area (Å²) in [5.74, 6) is 0.459. The van der Waals surface area contributed by atoms with Gasteiger partial charge in [-0.15, -0.1) is 0 Å². The first-order valence-electron chi connectivity index (χ1n) is 4.36. The van der Waals surface area contributed by atoms with Gasteiger partial charge in [0, 0.05) is 0 Å². The highest BCUT2D eigenvalue weighted by Gasteiger charge is 2.11. The van der Waals surface area contributed by atoms with Gasteiger partial charge in [0.05, 0.1) is 7.11 Å². The molecule has 0 aliphatic rings. The third-order valence-electron chi connectivity index (χ3n) is 2.12. The van der Waals surface area contributed by atoms with Gasteiger partial charge in [0.15, 0.2) is 0 Å². The van der Waals surface area contributed by atoms with E-state index in [2.05, 4.69) is 10.2 Å². The monoisotopic (exact) mass is 206 g/mol. The van der Waals surface area contributed by atoms with Crippen LogP contribution in [0.2, 0.25) is 0 Å². The Bertz CT molecular complexity index is 527. The van der Waals surface area contributed by atoms with Crippen LogP contribution in [0, 0.1) is 0 Å². The minimum atomic E-state index is -0.360. The first kappa shape index (κ1) is 9.39. The van der Waals surface area contributed by atoms with Crippen LogP contribution in [0.25, 0.3) is 11.1 Å². The van der Waals surface area contributed by atoms with Gasteiger partial charge in [-0.05, 0) is 17.7 Å². The molecule has 1 aromatic carbocycles. The molecule has 0 fully saturated rings. The van der Waals surface area contributed by atoms with Gasteiger partial charge in [-0.3, -0.25) is 15.0 Å². The van der Waals surface area contributed by atoms with Crippen LogP contribution in [0.4, 0.5) is 0 Å². The molecular formula is C10H10N2O3. The average Bonchev–Trinajstić information content (AvgIpc) is 2.59. The van der Waals surface area contributed by atoms with Crippen molar-refractivity contribution in [3.05, 3.63) is 34.6 Å². The number of aromatic amines is 2. The second-order valence-corrected chi connectivity index (χ2v) is 3.03. The zero-order valence-electron chi connectivity index (χ0n) is 8.07. The summed E-state index contributed by atoms with van der Waals surface area (Å²) >= 11 is 0. The number of hydrogen-bond acceptors (Lipinski definition) is 3. The summed E-state index contributed by atoms with van der Waals surface area (Å²) in [6.45, 7) is 0. The van der Waals surface area contributed by atoms with Crippen LogP contribution >= 0.6 is 0 Å². The summed E-state index contributed by atoms with van der Waals surface area (Å²) in [6.07, 6.45) is 0. The second-order valence-electron chi connectivity index (χ2n) is 3.03.